The normalized spacial score (nSPS) is 18.3. The van der Waals surface area contributed by atoms with E-state index in [2.05, 4.69) is 22.0 Å². The Balaban J connectivity index is 1.95. The van der Waals surface area contributed by atoms with Crippen molar-refractivity contribution >= 4 is 22.4 Å². The maximum absolute atomic E-state index is 11.2. The number of esters is 1. The van der Waals surface area contributed by atoms with E-state index in [-0.39, 0.29) is 17.9 Å². The zero-order valence-electron chi connectivity index (χ0n) is 11.0. The highest BCUT2D eigenvalue weighted by Crippen LogP contribution is 2.32. The summed E-state index contributed by atoms with van der Waals surface area (Å²) in [5, 5.41) is 6.36. The monoisotopic (exact) mass is 268 g/mol. The van der Waals surface area contributed by atoms with Gasteiger partial charge in [0.25, 0.3) is 0 Å². The Morgan fingerprint density at radius 1 is 1.50 bits per heavy atom. The molecule has 4 nitrogen and oxygen atoms in total. The van der Waals surface area contributed by atoms with E-state index in [0.717, 1.165) is 10.8 Å². The highest BCUT2D eigenvalue weighted by Gasteiger charge is 2.27. The van der Waals surface area contributed by atoms with E-state index in [4.69, 9.17) is 0 Å². The second kappa shape index (κ2) is 5.69. The first-order valence-corrected chi connectivity index (χ1v) is 7.29. The summed E-state index contributed by atoms with van der Waals surface area (Å²) in [7, 11) is 1.40. The van der Waals surface area contributed by atoms with Crippen LogP contribution in [0.4, 0.5) is 5.13 Å². The third-order valence-electron chi connectivity index (χ3n) is 3.47. The summed E-state index contributed by atoms with van der Waals surface area (Å²) in [6, 6.07) is 0. The summed E-state index contributed by atoms with van der Waals surface area (Å²) in [6.07, 6.45) is 6.54. The van der Waals surface area contributed by atoms with E-state index < -0.39 is 0 Å². The van der Waals surface area contributed by atoms with Crippen LogP contribution >= 0.6 is 11.3 Å². The Hall–Kier alpha value is -1.10. The van der Waals surface area contributed by atoms with E-state index in [0.29, 0.717) is 0 Å². The van der Waals surface area contributed by atoms with Crippen molar-refractivity contribution in [3.8, 4) is 0 Å². The maximum Gasteiger partial charge on any atom is 0.311 e. The SMILES string of the molecule is COC(=O)Cc1csc(NC2(C)CCCCC2)n1. The largest absolute Gasteiger partial charge is 0.469 e. The van der Waals surface area contributed by atoms with Gasteiger partial charge in [-0.3, -0.25) is 4.79 Å². The Bertz CT molecular complexity index is 411. The summed E-state index contributed by atoms with van der Waals surface area (Å²) in [5.41, 5.74) is 0.951. The lowest BCUT2D eigenvalue weighted by molar-refractivity contribution is -0.139. The lowest BCUT2D eigenvalue weighted by Gasteiger charge is -2.34. The van der Waals surface area contributed by atoms with Gasteiger partial charge in [-0.25, -0.2) is 4.98 Å². The number of carbonyl (C=O) groups is 1. The van der Waals surface area contributed by atoms with E-state index >= 15 is 0 Å². The molecule has 0 saturated heterocycles. The first-order valence-electron chi connectivity index (χ1n) is 6.41. The van der Waals surface area contributed by atoms with Crippen molar-refractivity contribution in [1.82, 2.24) is 4.98 Å². The van der Waals surface area contributed by atoms with Gasteiger partial charge in [-0.15, -0.1) is 11.3 Å². The molecule has 0 radical (unpaired) electrons. The summed E-state index contributed by atoms with van der Waals surface area (Å²) < 4.78 is 4.64. The molecule has 1 N–H and O–H groups in total. The fraction of sp³-hybridized carbons (Fsp3) is 0.692. The molecule has 1 aromatic rings. The second-order valence-corrected chi connectivity index (χ2v) is 6.00. The first kappa shape index (κ1) is 13.3. The zero-order valence-corrected chi connectivity index (χ0v) is 11.8. The minimum Gasteiger partial charge on any atom is -0.469 e. The van der Waals surface area contributed by atoms with Crippen molar-refractivity contribution < 1.29 is 9.53 Å². The van der Waals surface area contributed by atoms with Crippen LogP contribution in [0.2, 0.25) is 0 Å². The van der Waals surface area contributed by atoms with Gasteiger partial charge in [-0.05, 0) is 19.8 Å². The van der Waals surface area contributed by atoms with Gasteiger partial charge in [0.2, 0.25) is 0 Å². The average molecular weight is 268 g/mol. The molecular formula is C13H20N2O2S. The standard InChI is InChI=1S/C13H20N2O2S/c1-13(6-4-3-5-7-13)15-12-14-10(9-18-12)8-11(16)17-2/h9H,3-8H2,1-2H3,(H,14,15). The van der Waals surface area contributed by atoms with E-state index in [1.54, 1.807) is 11.3 Å². The Morgan fingerprint density at radius 3 is 2.89 bits per heavy atom. The third kappa shape index (κ3) is 3.45. The first-order chi connectivity index (χ1) is 8.61. The molecule has 0 unspecified atom stereocenters. The van der Waals surface area contributed by atoms with Gasteiger partial charge < -0.3 is 10.1 Å². The van der Waals surface area contributed by atoms with Gasteiger partial charge in [0.1, 0.15) is 0 Å². The molecule has 1 aromatic heterocycles. The lowest BCUT2D eigenvalue weighted by atomic mass is 9.83. The molecule has 0 aliphatic heterocycles. The Kier molecular flexibility index (Phi) is 4.22. The smallest absolute Gasteiger partial charge is 0.311 e. The number of carbonyl (C=O) groups excluding carboxylic acids is 1. The van der Waals surface area contributed by atoms with Crippen LogP contribution in [0.25, 0.3) is 0 Å². The predicted molar refractivity (Wildman–Crippen MR) is 72.9 cm³/mol. The number of ether oxygens (including phenoxy) is 1. The zero-order chi connectivity index (χ0) is 13.0. The van der Waals surface area contributed by atoms with Gasteiger partial charge in [-0.2, -0.15) is 0 Å². The van der Waals surface area contributed by atoms with Crippen LogP contribution in [0.3, 0.4) is 0 Å². The number of hydrogen-bond donors (Lipinski definition) is 1. The quantitative estimate of drug-likeness (QED) is 0.853. The van der Waals surface area contributed by atoms with E-state index in [1.807, 2.05) is 5.38 Å². The number of thiazole rings is 1. The van der Waals surface area contributed by atoms with Crippen molar-refractivity contribution in [2.75, 3.05) is 12.4 Å². The van der Waals surface area contributed by atoms with Crippen molar-refractivity contribution in [2.24, 2.45) is 0 Å². The number of aromatic nitrogens is 1. The molecule has 0 spiro atoms. The van der Waals surface area contributed by atoms with E-state index in [1.165, 1.54) is 39.2 Å². The molecule has 1 fully saturated rings. The number of nitrogens with zero attached hydrogens (tertiary/aromatic N) is 1. The molecule has 1 aliphatic rings. The van der Waals surface area contributed by atoms with Gasteiger partial charge in [0.15, 0.2) is 5.13 Å². The summed E-state index contributed by atoms with van der Waals surface area (Å²) in [4.78, 5) is 15.6. The highest BCUT2D eigenvalue weighted by molar-refractivity contribution is 7.13. The highest BCUT2D eigenvalue weighted by atomic mass is 32.1. The molecular weight excluding hydrogens is 248 g/mol. The number of anilines is 1. The summed E-state index contributed by atoms with van der Waals surface area (Å²) in [5.74, 6) is -0.240. The average Bonchev–Trinajstić information content (AvgIpc) is 2.76. The van der Waals surface area contributed by atoms with Gasteiger partial charge in [0.05, 0.1) is 19.2 Å². The molecule has 2 rings (SSSR count). The second-order valence-electron chi connectivity index (χ2n) is 5.14. The molecule has 0 atom stereocenters. The molecule has 18 heavy (non-hydrogen) atoms. The fourth-order valence-electron chi connectivity index (χ4n) is 2.38. The third-order valence-corrected chi connectivity index (χ3v) is 4.28. The van der Waals surface area contributed by atoms with Crippen molar-refractivity contribution in [1.29, 1.82) is 0 Å². The molecule has 1 saturated carbocycles. The maximum atomic E-state index is 11.2. The minimum absolute atomic E-state index is 0.165. The number of methoxy groups -OCH3 is 1. The fourth-order valence-corrected chi connectivity index (χ4v) is 3.24. The van der Waals surface area contributed by atoms with Gasteiger partial charge in [0, 0.05) is 10.9 Å². The van der Waals surface area contributed by atoms with Crippen LogP contribution < -0.4 is 5.32 Å². The predicted octanol–water partition coefficient (Wildman–Crippen LogP) is 2.99. The minimum atomic E-state index is -0.240. The number of hydrogen-bond acceptors (Lipinski definition) is 5. The molecule has 1 heterocycles. The van der Waals surface area contributed by atoms with Crippen LogP contribution in [0.15, 0.2) is 5.38 Å². The van der Waals surface area contributed by atoms with Crippen molar-refractivity contribution in [3.63, 3.8) is 0 Å². The van der Waals surface area contributed by atoms with Crippen molar-refractivity contribution in [3.05, 3.63) is 11.1 Å². The summed E-state index contributed by atoms with van der Waals surface area (Å²) in [6.45, 7) is 2.26. The summed E-state index contributed by atoms with van der Waals surface area (Å²) >= 11 is 1.56. The molecule has 5 heteroatoms. The molecule has 0 amide bonds. The molecule has 100 valence electrons. The molecule has 0 aromatic carbocycles. The van der Waals surface area contributed by atoms with Crippen LogP contribution in [-0.2, 0) is 16.0 Å². The molecule has 1 aliphatic carbocycles. The van der Waals surface area contributed by atoms with E-state index in [9.17, 15) is 4.79 Å². The van der Waals surface area contributed by atoms with Crippen LogP contribution in [0.5, 0.6) is 0 Å². The van der Waals surface area contributed by atoms with Crippen LogP contribution in [0, 0.1) is 0 Å². The Labute approximate surface area is 112 Å². The lowest BCUT2D eigenvalue weighted by Crippen LogP contribution is -2.36. The topological polar surface area (TPSA) is 51.2 Å². The van der Waals surface area contributed by atoms with Crippen LogP contribution in [-0.4, -0.2) is 23.6 Å². The van der Waals surface area contributed by atoms with Crippen LogP contribution in [0.1, 0.15) is 44.7 Å². The molecule has 0 bridgehead atoms. The number of nitrogens with one attached hydrogen (secondary N) is 1. The Morgan fingerprint density at radius 2 is 2.22 bits per heavy atom. The van der Waals surface area contributed by atoms with Gasteiger partial charge in [-0.1, -0.05) is 19.3 Å². The van der Waals surface area contributed by atoms with Gasteiger partial charge >= 0.3 is 5.97 Å². The number of rotatable bonds is 4. The van der Waals surface area contributed by atoms with Crippen molar-refractivity contribution in [2.45, 2.75) is 51.0 Å².